The SMILES string of the molecule is CCOC(=O)N1CCC(NC(=O)CNCc2ccccc2OC)CC1. The summed E-state index contributed by atoms with van der Waals surface area (Å²) in [5.41, 5.74) is 1.01. The monoisotopic (exact) mass is 349 g/mol. The third kappa shape index (κ3) is 5.94. The first-order valence-electron chi connectivity index (χ1n) is 8.67. The summed E-state index contributed by atoms with van der Waals surface area (Å²) in [6.45, 7) is 4.21. The molecule has 2 N–H and O–H groups in total. The molecule has 1 fully saturated rings. The Kier molecular flexibility index (Phi) is 7.53. The van der Waals surface area contributed by atoms with Gasteiger partial charge in [-0.1, -0.05) is 18.2 Å². The lowest BCUT2D eigenvalue weighted by atomic mass is 10.1. The van der Waals surface area contributed by atoms with Gasteiger partial charge >= 0.3 is 6.09 Å². The van der Waals surface area contributed by atoms with Crippen molar-refractivity contribution in [3.8, 4) is 5.75 Å². The first-order chi connectivity index (χ1) is 12.1. The lowest BCUT2D eigenvalue weighted by Gasteiger charge is -2.31. The molecule has 2 amide bonds. The maximum atomic E-state index is 12.1. The molecule has 1 heterocycles. The van der Waals surface area contributed by atoms with Gasteiger partial charge < -0.3 is 25.0 Å². The van der Waals surface area contributed by atoms with Crippen molar-refractivity contribution >= 4 is 12.0 Å². The number of piperidine rings is 1. The number of carbonyl (C=O) groups is 2. The molecule has 1 aliphatic heterocycles. The first-order valence-corrected chi connectivity index (χ1v) is 8.67. The molecular weight excluding hydrogens is 322 g/mol. The smallest absolute Gasteiger partial charge is 0.409 e. The van der Waals surface area contributed by atoms with Crippen LogP contribution in [0.4, 0.5) is 4.79 Å². The van der Waals surface area contributed by atoms with Gasteiger partial charge in [-0.05, 0) is 25.8 Å². The number of hydrogen-bond acceptors (Lipinski definition) is 5. The lowest BCUT2D eigenvalue weighted by molar-refractivity contribution is -0.121. The highest BCUT2D eigenvalue weighted by atomic mass is 16.6. The van der Waals surface area contributed by atoms with Gasteiger partial charge in [-0.25, -0.2) is 4.79 Å². The van der Waals surface area contributed by atoms with E-state index in [0.717, 1.165) is 24.2 Å². The van der Waals surface area contributed by atoms with Crippen LogP contribution in [0.3, 0.4) is 0 Å². The third-order valence-corrected chi connectivity index (χ3v) is 4.18. The summed E-state index contributed by atoms with van der Waals surface area (Å²) < 4.78 is 10.3. The molecule has 0 aromatic heterocycles. The summed E-state index contributed by atoms with van der Waals surface area (Å²) >= 11 is 0. The molecule has 138 valence electrons. The van der Waals surface area contributed by atoms with E-state index < -0.39 is 0 Å². The average molecular weight is 349 g/mol. The van der Waals surface area contributed by atoms with Crippen LogP contribution in [0.1, 0.15) is 25.3 Å². The van der Waals surface area contributed by atoms with E-state index in [1.54, 1.807) is 18.9 Å². The zero-order valence-corrected chi connectivity index (χ0v) is 14.9. The molecule has 7 nitrogen and oxygen atoms in total. The largest absolute Gasteiger partial charge is 0.496 e. The van der Waals surface area contributed by atoms with E-state index in [1.165, 1.54) is 0 Å². The fourth-order valence-corrected chi connectivity index (χ4v) is 2.86. The molecule has 0 atom stereocenters. The minimum absolute atomic E-state index is 0.0375. The molecule has 1 aromatic rings. The zero-order valence-electron chi connectivity index (χ0n) is 14.9. The van der Waals surface area contributed by atoms with Gasteiger partial charge in [0.1, 0.15) is 5.75 Å². The fraction of sp³-hybridized carbons (Fsp3) is 0.556. The highest BCUT2D eigenvalue weighted by Gasteiger charge is 2.24. The number of nitrogens with zero attached hydrogens (tertiary/aromatic N) is 1. The van der Waals surface area contributed by atoms with Gasteiger partial charge in [0.25, 0.3) is 0 Å². The van der Waals surface area contributed by atoms with Gasteiger partial charge in [-0.15, -0.1) is 0 Å². The van der Waals surface area contributed by atoms with Gasteiger partial charge in [0.2, 0.25) is 5.91 Å². The molecule has 0 unspecified atom stereocenters. The van der Waals surface area contributed by atoms with Crippen LogP contribution in [0.5, 0.6) is 5.75 Å². The molecule has 7 heteroatoms. The van der Waals surface area contributed by atoms with E-state index in [0.29, 0.717) is 26.2 Å². The Balaban J connectivity index is 1.67. The highest BCUT2D eigenvalue weighted by molar-refractivity contribution is 5.78. The molecule has 0 saturated carbocycles. The van der Waals surface area contributed by atoms with Crippen molar-refractivity contribution in [2.75, 3.05) is 33.4 Å². The molecule has 25 heavy (non-hydrogen) atoms. The number of ether oxygens (including phenoxy) is 2. The Morgan fingerprint density at radius 3 is 2.64 bits per heavy atom. The standard InChI is InChI=1S/C18H27N3O4/c1-3-25-18(23)21-10-8-15(9-11-21)20-17(22)13-19-12-14-6-4-5-7-16(14)24-2/h4-7,15,19H,3,8-13H2,1-2H3,(H,20,22). The van der Waals surface area contributed by atoms with Crippen LogP contribution >= 0.6 is 0 Å². The van der Waals surface area contributed by atoms with E-state index in [-0.39, 0.29) is 24.6 Å². The number of hydrogen-bond donors (Lipinski definition) is 2. The maximum absolute atomic E-state index is 12.1. The number of methoxy groups -OCH3 is 1. The Morgan fingerprint density at radius 1 is 1.24 bits per heavy atom. The predicted octanol–water partition coefficient (Wildman–Crippen LogP) is 1.52. The maximum Gasteiger partial charge on any atom is 0.409 e. The Bertz CT molecular complexity index is 571. The number of benzene rings is 1. The summed E-state index contributed by atoms with van der Waals surface area (Å²) in [7, 11) is 1.63. The van der Waals surface area contributed by atoms with Crippen LogP contribution in [0.2, 0.25) is 0 Å². The van der Waals surface area contributed by atoms with Gasteiger partial charge in [-0.2, -0.15) is 0 Å². The minimum Gasteiger partial charge on any atom is -0.496 e. The predicted molar refractivity (Wildman–Crippen MR) is 94.5 cm³/mol. The second-order valence-electron chi connectivity index (χ2n) is 5.94. The summed E-state index contributed by atoms with van der Waals surface area (Å²) in [5.74, 6) is 0.770. The Hall–Kier alpha value is -2.28. The summed E-state index contributed by atoms with van der Waals surface area (Å²) in [6.07, 6.45) is 1.22. The second kappa shape index (κ2) is 9.88. The van der Waals surface area contributed by atoms with Crippen molar-refractivity contribution in [1.82, 2.24) is 15.5 Å². The first kappa shape index (κ1) is 19.1. The van der Waals surface area contributed by atoms with E-state index in [9.17, 15) is 9.59 Å². The van der Waals surface area contributed by atoms with Crippen molar-refractivity contribution in [1.29, 1.82) is 0 Å². The summed E-state index contributed by atoms with van der Waals surface area (Å²) in [4.78, 5) is 25.4. The highest BCUT2D eigenvalue weighted by Crippen LogP contribution is 2.16. The van der Waals surface area contributed by atoms with Gasteiger partial charge in [0.15, 0.2) is 0 Å². The zero-order chi connectivity index (χ0) is 18.1. The van der Waals surface area contributed by atoms with Crippen LogP contribution in [-0.4, -0.2) is 56.3 Å². The number of carbonyl (C=O) groups excluding carboxylic acids is 2. The van der Waals surface area contributed by atoms with Crippen LogP contribution in [-0.2, 0) is 16.1 Å². The topological polar surface area (TPSA) is 79.9 Å². The van der Waals surface area contributed by atoms with Gasteiger partial charge in [0, 0.05) is 31.2 Å². The van der Waals surface area contributed by atoms with Crippen molar-refractivity contribution in [2.24, 2.45) is 0 Å². The number of likely N-dealkylation sites (tertiary alicyclic amines) is 1. The Morgan fingerprint density at radius 2 is 1.96 bits per heavy atom. The number of nitrogens with one attached hydrogen (secondary N) is 2. The summed E-state index contributed by atoms with van der Waals surface area (Å²) in [6, 6.07) is 7.82. The molecular formula is C18H27N3O4. The van der Waals surface area contributed by atoms with Crippen LogP contribution in [0.25, 0.3) is 0 Å². The van der Waals surface area contributed by atoms with Crippen LogP contribution in [0.15, 0.2) is 24.3 Å². The molecule has 0 bridgehead atoms. The molecule has 0 spiro atoms. The minimum atomic E-state index is -0.272. The average Bonchev–Trinajstić information content (AvgIpc) is 2.63. The number of para-hydroxylation sites is 1. The molecule has 1 saturated heterocycles. The molecule has 2 rings (SSSR count). The van der Waals surface area contributed by atoms with E-state index >= 15 is 0 Å². The molecule has 1 aliphatic rings. The fourth-order valence-electron chi connectivity index (χ4n) is 2.86. The molecule has 1 aromatic carbocycles. The van der Waals surface area contributed by atoms with Crippen molar-refractivity contribution in [3.63, 3.8) is 0 Å². The van der Waals surface area contributed by atoms with Crippen molar-refractivity contribution in [3.05, 3.63) is 29.8 Å². The second-order valence-corrected chi connectivity index (χ2v) is 5.94. The molecule has 0 aliphatic carbocycles. The van der Waals surface area contributed by atoms with Gasteiger partial charge in [-0.3, -0.25) is 4.79 Å². The lowest BCUT2D eigenvalue weighted by Crippen LogP contribution is -2.48. The third-order valence-electron chi connectivity index (χ3n) is 4.18. The van der Waals surface area contributed by atoms with Gasteiger partial charge in [0.05, 0.1) is 20.3 Å². The number of amides is 2. The van der Waals surface area contributed by atoms with Crippen LogP contribution in [0, 0.1) is 0 Å². The normalized spacial score (nSPS) is 14.9. The Labute approximate surface area is 148 Å². The molecule has 0 radical (unpaired) electrons. The van der Waals surface area contributed by atoms with E-state index in [2.05, 4.69) is 10.6 Å². The quantitative estimate of drug-likeness (QED) is 0.780. The van der Waals surface area contributed by atoms with Crippen molar-refractivity contribution < 1.29 is 19.1 Å². The van der Waals surface area contributed by atoms with Crippen molar-refractivity contribution in [2.45, 2.75) is 32.4 Å². The number of rotatable bonds is 7. The summed E-state index contributed by atoms with van der Waals surface area (Å²) in [5, 5.41) is 6.15. The van der Waals surface area contributed by atoms with Crippen LogP contribution < -0.4 is 15.4 Å². The van der Waals surface area contributed by atoms with E-state index in [1.807, 2.05) is 24.3 Å². The van der Waals surface area contributed by atoms with E-state index in [4.69, 9.17) is 9.47 Å².